The molecule has 0 bridgehead atoms. The summed E-state index contributed by atoms with van der Waals surface area (Å²) in [6, 6.07) is 76.4. The number of fused-ring (bicyclic) bond motifs is 5. The molecule has 11 aromatic rings. The first-order valence-electron chi connectivity index (χ1n) is 21.4. The van der Waals surface area contributed by atoms with Crippen LogP contribution in [0.25, 0.3) is 107 Å². The van der Waals surface area contributed by atoms with E-state index in [4.69, 9.17) is 9.40 Å². The number of rotatable bonds is 7. The highest BCUT2D eigenvalue weighted by atomic mass is 16.3. The minimum Gasteiger partial charge on any atom is -0.436 e. The third-order valence-electron chi connectivity index (χ3n) is 12.6. The van der Waals surface area contributed by atoms with Crippen LogP contribution < -0.4 is 10.6 Å². The van der Waals surface area contributed by atoms with Crippen molar-refractivity contribution in [1.29, 1.82) is 0 Å². The minimum atomic E-state index is 0.264. The molecule has 0 fully saturated rings. The maximum Gasteiger partial charge on any atom is 0.227 e. The van der Waals surface area contributed by atoms with Crippen molar-refractivity contribution in [2.45, 2.75) is 12.3 Å². The first-order valence-corrected chi connectivity index (χ1v) is 21.4. The molecule has 2 aromatic heterocycles. The second-order valence-electron chi connectivity index (χ2n) is 16.3. The van der Waals surface area contributed by atoms with Crippen LogP contribution in [0.3, 0.4) is 0 Å². The van der Waals surface area contributed by atoms with E-state index < -0.39 is 0 Å². The van der Waals surface area contributed by atoms with Gasteiger partial charge in [0.05, 0.1) is 5.52 Å². The van der Waals surface area contributed by atoms with Crippen molar-refractivity contribution in [3.8, 4) is 61.6 Å². The standard InChI is InChI=1S/C59H40N2O/c1-2-14-48(15-3-1)61-56-34-32-46(41-24-22-40(23-25-41)45-31-26-39-12-4-5-13-44(39)36-45)37-53(56)54-38-47(33-35-57(54)61)50-17-7-9-19-52(50)51-18-8-6-16-49(51)42-27-29-43(30-28-42)59-60-55-20-10-11-21-58(55)62-59/h1-31,33-38,46H,32H2. The summed E-state index contributed by atoms with van der Waals surface area (Å²) < 4.78 is 8.53. The van der Waals surface area contributed by atoms with Crippen LogP contribution in [0.4, 0.5) is 0 Å². The number of oxazole rings is 1. The molecule has 0 saturated heterocycles. The summed E-state index contributed by atoms with van der Waals surface area (Å²) in [6.45, 7) is 0. The summed E-state index contributed by atoms with van der Waals surface area (Å²) in [5.41, 5.74) is 15.9. The molecule has 0 N–H and O–H groups in total. The van der Waals surface area contributed by atoms with Crippen molar-refractivity contribution in [2.75, 3.05) is 0 Å². The lowest BCUT2D eigenvalue weighted by atomic mass is 9.88. The fraction of sp³-hybridized carbons (Fsp3) is 0.0339. The van der Waals surface area contributed by atoms with E-state index >= 15 is 0 Å². The monoisotopic (exact) mass is 792 g/mol. The van der Waals surface area contributed by atoms with Gasteiger partial charge in [0.1, 0.15) is 5.52 Å². The van der Waals surface area contributed by atoms with Crippen LogP contribution >= 0.6 is 0 Å². The van der Waals surface area contributed by atoms with Gasteiger partial charge < -0.3 is 8.98 Å². The van der Waals surface area contributed by atoms with Crippen LogP contribution in [-0.4, -0.2) is 9.55 Å². The lowest BCUT2D eigenvalue weighted by molar-refractivity contribution is 0.620. The van der Waals surface area contributed by atoms with Crippen LogP contribution in [0.15, 0.2) is 217 Å². The van der Waals surface area contributed by atoms with Gasteiger partial charge in [-0.1, -0.05) is 170 Å². The molecule has 0 aliphatic heterocycles. The Balaban J connectivity index is 0.938. The lowest BCUT2D eigenvalue weighted by Gasteiger charge is -2.15. The molecule has 1 aliphatic carbocycles. The summed E-state index contributed by atoms with van der Waals surface area (Å²) >= 11 is 0. The predicted molar refractivity (Wildman–Crippen MR) is 258 cm³/mol. The van der Waals surface area contributed by atoms with Gasteiger partial charge in [-0.15, -0.1) is 0 Å². The molecule has 2 heterocycles. The molecule has 0 spiro atoms. The fourth-order valence-corrected chi connectivity index (χ4v) is 9.49. The van der Waals surface area contributed by atoms with Crippen molar-refractivity contribution in [3.63, 3.8) is 0 Å². The zero-order valence-corrected chi connectivity index (χ0v) is 33.9. The van der Waals surface area contributed by atoms with Crippen molar-refractivity contribution < 1.29 is 4.42 Å². The Morgan fingerprint density at radius 3 is 1.85 bits per heavy atom. The van der Waals surface area contributed by atoms with Crippen LogP contribution in [0.1, 0.15) is 17.9 Å². The van der Waals surface area contributed by atoms with E-state index in [1.807, 2.05) is 24.3 Å². The topological polar surface area (TPSA) is 31.0 Å². The maximum absolute atomic E-state index is 6.09. The Kier molecular flexibility index (Phi) is 8.64. The highest BCUT2D eigenvalue weighted by Gasteiger charge is 2.19. The molecule has 12 rings (SSSR count). The maximum atomic E-state index is 6.09. The van der Waals surface area contributed by atoms with Gasteiger partial charge in [0.25, 0.3) is 0 Å². The molecular formula is C59H40N2O. The van der Waals surface area contributed by atoms with Crippen LogP contribution in [0.2, 0.25) is 0 Å². The molecule has 3 nitrogen and oxygen atoms in total. The van der Waals surface area contributed by atoms with Crippen molar-refractivity contribution >= 4 is 44.9 Å². The SMILES string of the molecule is C1=c2c(n(-c3ccccc3)c3ccc(-c4ccccc4-c4ccccc4-c4ccc(-c5nc6ccccc6o5)cc4)cc23)=CCC1c1ccc(-c2ccc3ccccc3c2)cc1. The van der Waals surface area contributed by atoms with Crippen molar-refractivity contribution in [3.05, 3.63) is 228 Å². The number of benzene rings is 9. The Bertz CT molecular complexity index is 3560. The Hall–Kier alpha value is -8.01. The van der Waals surface area contributed by atoms with E-state index in [-0.39, 0.29) is 5.92 Å². The smallest absolute Gasteiger partial charge is 0.227 e. The average Bonchev–Trinajstić information content (AvgIpc) is 3.93. The van der Waals surface area contributed by atoms with E-state index in [0.717, 1.165) is 28.6 Å². The van der Waals surface area contributed by atoms with E-state index in [2.05, 4.69) is 205 Å². The number of hydrogen-bond acceptors (Lipinski definition) is 2. The molecule has 292 valence electrons. The second-order valence-corrected chi connectivity index (χ2v) is 16.3. The zero-order valence-electron chi connectivity index (χ0n) is 33.9. The van der Waals surface area contributed by atoms with Gasteiger partial charge >= 0.3 is 0 Å². The van der Waals surface area contributed by atoms with Gasteiger partial charge in [-0.25, -0.2) is 4.98 Å². The summed E-state index contributed by atoms with van der Waals surface area (Å²) in [4.78, 5) is 4.73. The summed E-state index contributed by atoms with van der Waals surface area (Å²) in [7, 11) is 0. The Morgan fingerprint density at radius 2 is 1.08 bits per heavy atom. The third-order valence-corrected chi connectivity index (χ3v) is 12.6. The van der Waals surface area contributed by atoms with E-state index in [9.17, 15) is 0 Å². The largest absolute Gasteiger partial charge is 0.436 e. The molecule has 0 saturated carbocycles. The Labute approximate surface area is 359 Å². The van der Waals surface area contributed by atoms with Crippen molar-refractivity contribution in [2.24, 2.45) is 0 Å². The van der Waals surface area contributed by atoms with Crippen LogP contribution in [-0.2, 0) is 0 Å². The number of nitrogens with zero attached hydrogens (tertiary/aromatic N) is 2. The molecule has 0 amide bonds. The van der Waals surface area contributed by atoms with E-state index in [1.54, 1.807) is 0 Å². The summed E-state index contributed by atoms with van der Waals surface area (Å²) in [5, 5.41) is 6.33. The molecular weight excluding hydrogens is 753 g/mol. The highest BCUT2D eigenvalue weighted by Crippen LogP contribution is 2.40. The lowest BCUT2D eigenvalue weighted by Crippen LogP contribution is -2.31. The first-order chi connectivity index (χ1) is 30.7. The van der Waals surface area contributed by atoms with Crippen LogP contribution in [0, 0.1) is 0 Å². The second kappa shape index (κ2) is 14.9. The fourth-order valence-electron chi connectivity index (χ4n) is 9.49. The molecule has 0 radical (unpaired) electrons. The molecule has 62 heavy (non-hydrogen) atoms. The van der Waals surface area contributed by atoms with Gasteiger partial charge in [-0.3, -0.25) is 0 Å². The number of aromatic nitrogens is 2. The number of para-hydroxylation sites is 3. The molecule has 9 aromatic carbocycles. The van der Waals surface area contributed by atoms with Gasteiger partial charge in [-0.2, -0.15) is 0 Å². The zero-order chi connectivity index (χ0) is 41.0. The Morgan fingerprint density at radius 1 is 0.468 bits per heavy atom. The minimum absolute atomic E-state index is 0.264. The van der Waals surface area contributed by atoms with E-state index in [1.165, 1.54) is 82.4 Å². The average molecular weight is 793 g/mol. The molecule has 1 aliphatic rings. The number of hydrogen-bond donors (Lipinski definition) is 0. The van der Waals surface area contributed by atoms with Crippen molar-refractivity contribution in [1.82, 2.24) is 9.55 Å². The molecule has 1 atom stereocenters. The first kappa shape index (κ1) is 35.9. The predicted octanol–water partition coefficient (Wildman–Crippen LogP) is 14.0. The summed E-state index contributed by atoms with van der Waals surface area (Å²) in [5.74, 6) is 0.894. The van der Waals surface area contributed by atoms with Gasteiger partial charge in [0.15, 0.2) is 5.58 Å². The molecule has 3 heteroatoms. The quantitative estimate of drug-likeness (QED) is 0.161. The highest BCUT2D eigenvalue weighted by molar-refractivity contribution is 5.96. The normalized spacial score (nSPS) is 13.5. The van der Waals surface area contributed by atoms with Crippen LogP contribution in [0.5, 0.6) is 0 Å². The van der Waals surface area contributed by atoms with Gasteiger partial charge in [0.2, 0.25) is 5.89 Å². The van der Waals surface area contributed by atoms with Gasteiger partial charge in [-0.05, 0) is 122 Å². The molecule has 1 unspecified atom stereocenters. The summed E-state index contributed by atoms with van der Waals surface area (Å²) in [6.07, 6.45) is 5.90. The van der Waals surface area contributed by atoms with Gasteiger partial charge in [0, 0.05) is 33.1 Å². The third kappa shape index (κ3) is 6.26. The van der Waals surface area contributed by atoms with E-state index in [0.29, 0.717) is 5.89 Å².